The summed E-state index contributed by atoms with van der Waals surface area (Å²) < 4.78 is 5.50. The summed E-state index contributed by atoms with van der Waals surface area (Å²) in [6.45, 7) is 9.15. The molecule has 2 heterocycles. The van der Waals surface area contributed by atoms with Crippen molar-refractivity contribution in [3.05, 3.63) is 21.9 Å². The molecule has 0 aliphatic carbocycles. The first-order chi connectivity index (χ1) is 7.62. The van der Waals surface area contributed by atoms with Crippen molar-refractivity contribution in [3.8, 4) is 0 Å². The second-order valence-electron chi connectivity index (χ2n) is 5.17. The number of aryl methyl sites for hydroxylation is 1. The molecule has 0 saturated carbocycles. The van der Waals surface area contributed by atoms with Gasteiger partial charge >= 0.3 is 0 Å². The van der Waals surface area contributed by atoms with Crippen LogP contribution in [0.4, 0.5) is 0 Å². The van der Waals surface area contributed by atoms with Gasteiger partial charge in [0.25, 0.3) is 0 Å². The lowest BCUT2D eigenvalue weighted by Crippen LogP contribution is -2.56. The maximum Gasteiger partial charge on any atom is 0.0597 e. The molecule has 0 amide bonds. The molecule has 0 aromatic carbocycles. The number of nitrogens with two attached hydrogens (primary N) is 1. The van der Waals surface area contributed by atoms with Crippen LogP contribution in [0.25, 0.3) is 0 Å². The van der Waals surface area contributed by atoms with Crippen LogP contribution in [0, 0.1) is 18.8 Å². The molecule has 1 unspecified atom stereocenters. The van der Waals surface area contributed by atoms with Crippen LogP contribution < -0.4 is 5.73 Å². The Bertz CT molecular complexity index is 355. The van der Waals surface area contributed by atoms with E-state index in [1.54, 1.807) is 0 Å². The molecule has 0 bridgehead atoms. The van der Waals surface area contributed by atoms with Crippen molar-refractivity contribution in [3.63, 3.8) is 0 Å². The Morgan fingerprint density at radius 2 is 2.19 bits per heavy atom. The monoisotopic (exact) mass is 239 g/mol. The van der Waals surface area contributed by atoms with Gasteiger partial charge in [-0.25, -0.2) is 0 Å². The van der Waals surface area contributed by atoms with Crippen LogP contribution in [-0.4, -0.2) is 19.8 Å². The molecule has 2 rings (SSSR count). The molecule has 2 nitrogen and oxygen atoms in total. The Balaban J connectivity index is 2.36. The molecule has 1 saturated heterocycles. The first kappa shape index (κ1) is 12.1. The summed E-state index contributed by atoms with van der Waals surface area (Å²) in [5.41, 5.74) is 7.57. The van der Waals surface area contributed by atoms with E-state index in [0.717, 1.165) is 19.8 Å². The minimum atomic E-state index is 0.196. The lowest BCUT2D eigenvalue weighted by Gasteiger charge is -2.48. The smallest absolute Gasteiger partial charge is 0.0597 e. The summed E-state index contributed by atoms with van der Waals surface area (Å²) >= 11 is 1.86. The van der Waals surface area contributed by atoms with Crippen LogP contribution in [0.3, 0.4) is 0 Å². The van der Waals surface area contributed by atoms with Gasteiger partial charge in [-0.2, -0.15) is 0 Å². The zero-order valence-corrected chi connectivity index (χ0v) is 11.1. The van der Waals surface area contributed by atoms with E-state index in [0.29, 0.717) is 11.8 Å². The number of thiophene rings is 1. The Labute approximate surface area is 102 Å². The van der Waals surface area contributed by atoms with Crippen molar-refractivity contribution < 1.29 is 4.74 Å². The van der Waals surface area contributed by atoms with Crippen molar-refractivity contribution >= 4 is 11.3 Å². The summed E-state index contributed by atoms with van der Waals surface area (Å²) in [6, 6.07) is 2.20. The average molecular weight is 239 g/mol. The van der Waals surface area contributed by atoms with E-state index in [1.807, 2.05) is 11.3 Å². The van der Waals surface area contributed by atoms with Crippen molar-refractivity contribution in [1.29, 1.82) is 0 Å². The van der Waals surface area contributed by atoms with Gasteiger partial charge in [0.15, 0.2) is 0 Å². The third-order valence-corrected chi connectivity index (χ3v) is 5.04. The van der Waals surface area contributed by atoms with Crippen molar-refractivity contribution in [2.24, 2.45) is 17.6 Å². The molecule has 1 fully saturated rings. The van der Waals surface area contributed by atoms with Crippen LogP contribution in [0.15, 0.2) is 11.4 Å². The van der Waals surface area contributed by atoms with Gasteiger partial charge in [0, 0.05) is 4.88 Å². The lowest BCUT2D eigenvalue weighted by molar-refractivity contribution is -0.0965. The van der Waals surface area contributed by atoms with Gasteiger partial charge in [0.2, 0.25) is 0 Å². The van der Waals surface area contributed by atoms with Crippen LogP contribution in [0.5, 0.6) is 0 Å². The van der Waals surface area contributed by atoms with Crippen LogP contribution in [-0.2, 0) is 10.2 Å². The summed E-state index contributed by atoms with van der Waals surface area (Å²) in [4.78, 5) is 1.49. The van der Waals surface area contributed by atoms with E-state index >= 15 is 0 Å². The highest BCUT2D eigenvalue weighted by Crippen LogP contribution is 2.45. The second kappa shape index (κ2) is 4.47. The fraction of sp³-hybridized carbons (Fsp3) is 0.692. The summed E-state index contributed by atoms with van der Waals surface area (Å²) in [5.74, 6) is 1.13. The fourth-order valence-electron chi connectivity index (χ4n) is 2.85. The SMILES string of the molecule is Cc1ccsc1C1(C(CN)C(C)C)COC1. The predicted octanol–water partition coefficient (Wildman–Crippen LogP) is 2.56. The van der Waals surface area contributed by atoms with Gasteiger partial charge in [-0.1, -0.05) is 13.8 Å². The maximum atomic E-state index is 5.97. The zero-order chi connectivity index (χ0) is 11.8. The molecule has 1 aromatic rings. The normalized spacial score (nSPS) is 20.8. The third kappa shape index (κ3) is 1.71. The standard InChI is InChI=1S/C13H21NOS/c1-9(2)11(6-14)13(7-15-8-13)12-10(3)4-5-16-12/h4-5,9,11H,6-8,14H2,1-3H3. The van der Waals surface area contributed by atoms with Crippen LogP contribution in [0.1, 0.15) is 24.3 Å². The third-order valence-electron chi connectivity index (χ3n) is 3.80. The number of rotatable bonds is 4. The van der Waals surface area contributed by atoms with Crippen molar-refractivity contribution in [2.75, 3.05) is 19.8 Å². The first-order valence-corrected chi connectivity index (χ1v) is 6.82. The highest BCUT2D eigenvalue weighted by molar-refractivity contribution is 7.10. The van der Waals surface area contributed by atoms with Gasteiger partial charge in [0.1, 0.15) is 0 Å². The summed E-state index contributed by atoms with van der Waals surface area (Å²) in [6.07, 6.45) is 0. The van der Waals surface area contributed by atoms with Crippen molar-refractivity contribution in [1.82, 2.24) is 0 Å². The minimum Gasteiger partial charge on any atom is -0.379 e. The predicted molar refractivity (Wildman–Crippen MR) is 68.9 cm³/mol. The fourth-order valence-corrected chi connectivity index (χ4v) is 4.02. The molecular formula is C13H21NOS. The van der Waals surface area contributed by atoms with Gasteiger partial charge < -0.3 is 10.5 Å². The van der Waals surface area contributed by atoms with E-state index in [1.165, 1.54) is 10.4 Å². The van der Waals surface area contributed by atoms with Crippen LogP contribution in [0.2, 0.25) is 0 Å². The van der Waals surface area contributed by atoms with E-state index in [4.69, 9.17) is 10.5 Å². The highest BCUT2D eigenvalue weighted by atomic mass is 32.1. The first-order valence-electron chi connectivity index (χ1n) is 5.94. The number of hydrogen-bond acceptors (Lipinski definition) is 3. The Morgan fingerprint density at radius 1 is 1.50 bits per heavy atom. The van der Waals surface area contributed by atoms with Gasteiger partial charge in [-0.3, -0.25) is 0 Å². The number of hydrogen-bond donors (Lipinski definition) is 1. The molecular weight excluding hydrogens is 218 g/mol. The lowest BCUT2D eigenvalue weighted by atomic mass is 9.67. The van der Waals surface area contributed by atoms with Gasteiger partial charge in [-0.15, -0.1) is 11.3 Å². The molecule has 1 aromatic heterocycles. The van der Waals surface area contributed by atoms with Crippen LogP contribution >= 0.6 is 11.3 Å². The molecule has 0 radical (unpaired) electrons. The second-order valence-corrected chi connectivity index (χ2v) is 6.08. The average Bonchev–Trinajstić information content (AvgIpc) is 2.57. The highest BCUT2D eigenvalue weighted by Gasteiger charge is 2.48. The Hall–Kier alpha value is -0.380. The molecule has 0 spiro atoms. The molecule has 2 N–H and O–H groups in total. The summed E-state index contributed by atoms with van der Waals surface area (Å²) in [5, 5.41) is 2.18. The zero-order valence-electron chi connectivity index (χ0n) is 10.3. The molecule has 90 valence electrons. The largest absolute Gasteiger partial charge is 0.379 e. The van der Waals surface area contributed by atoms with Gasteiger partial charge in [-0.05, 0) is 42.3 Å². The quantitative estimate of drug-likeness (QED) is 0.876. The molecule has 1 aliphatic rings. The summed E-state index contributed by atoms with van der Waals surface area (Å²) in [7, 11) is 0. The van der Waals surface area contributed by atoms with E-state index in [9.17, 15) is 0 Å². The maximum absolute atomic E-state index is 5.97. The topological polar surface area (TPSA) is 35.2 Å². The van der Waals surface area contributed by atoms with E-state index in [-0.39, 0.29) is 5.41 Å². The minimum absolute atomic E-state index is 0.196. The molecule has 3 heteroatoms. The van der Waals surface area contributed by atoms with E-state index in [2.05, 4.69) is 32.2 Å². The molecule has 1 aliphatic heterocycles. The van der Waals surface area contributed by atoms with E-state index < -0.39 is 0 Å². The van der Waals surface area contributed by atoms with Gasteiger partial charge in [0.05, 0.1) is 18.6 Å². The number of ether oxygens (including phenoxy) is 1. The Morgan fingerprint density at radius 3 is 2.50 bits per heavy atom. The molecule has 16 heavy (non-hydrogen) atoms. The Kier molecular flexibility index (Phi) is 3.38. The van der Waals surface area contributed by atoms with Crippen molar-refractivity contribution in [2.45, 2.75) is 26.2 Å². The molecule has 1 atom stereocenters.